The van der Waals surface area contributed by atoms with Crippen LogP contribution in [-0.4, -0.2) is 52.3 Å². The molecular weight excluding hydrogens is 368 g/mol. The number of nitrogens with zero attached hydrogens (tertiary/aromatic N) is 2. The Kier molecular flexibility index (Phi) is 5.82. The van der Waals surface area contributed by atoms with Gasteiger partial charge in [0.15, 0.2) is 11.5 Å². The van der Waals surface area contributed by atoms with Crippen LogP contribution in [0.5, 0.6) is 11.5 Å². The maximum Gasteiger partial charge on any atom is 0.326 e. The van der Waals surface area contributed by atoms with Gasteiger partial charge in [-0.2, -0.15) is 0 Å². The summed E-state index contributed by atoms with van der Waals surface area (Å²) in [4.78, 5) is 46.6. The summed E-state index contributed by atoms with van der Waals surface area (Å²) in [7, 11) is 1.22. The van der Waals surface area contributed by atoms with Crippen molar-refractivity contribution >= 4 is 40.6 Å². The number of esters is 1. The molecule has 1 aliphatic rings. The number of benzene rings is 1. The standard InChI is InChI=1S/C15H14N2O8S/c1-3-25-12(18)7-16-14(20)11(26-15(16)21)5-8-4-9(17(22)23)6-10(24-2)13(8)19/h4-6,19H,3,7H2,1-2H3. The van der Waals surface area contributed by atoms with E-state index in [1.807, 2.05) is 0 Å². The highest BCUT2D eigenvalue weighted by atomic mass is 32.2. The number of rotatable bonds is 6. The number of methoxy groups -OCH3 is 1. The Balaban J connectivity index is 2.37. The number of ether oxygens (including phenoxy) is 2. The highest BCUT2D eigenvalue weighted by molar-refractivity contribution is 8.18. The average molecular weight is 382 g/mol. The fraction of sp³-hybridized carbons (Fsp3) is 0.267. The monoisotopic (exact) mass is 382 g/mol. The molecule has 1 heterocycles. The van der Waals surface area contributed by atoms with Gasteiger partial charge >= 0.3 is 5.97 Å². The third-order valence-corrected chi connectivity index (χ3v) is 4.18. The van der Waals surface area contributed by atoms with Crippen molar-refractivity contribution in [3.05, 3.63) is 32.7 Å². The second kappa shape index (κ2) is 7.87. The average Bonchev–Trinajstić information content (AvgIpc) is 2.84. The smallest absolute Gasteiger partial charge is 0.326 e. The summed E-state index contributed by atoms with van der Waals surface area (Å²) in [6.45, 7) is 1.15. The van der Waals surface area contributed by atoms with E-state index in [-0.39, 0.29) is 28.5 Å². The second-order valence-electron chi connectivity index (χ2n) is 4.92. The molecule has 1 aromatic carbocycles. The van der Waals surface area contributed by atoms with Crippen molar-refractivity contribution in [2.24, 2.45) is 0 Å². The first kappa shape index (κ1) is 19.2. The Hall–Kier alpha value is -3.08. The summed E-state index contributed by atoms with van der Waals surface area (Å²) < 4.78 is 9.58. The maximum absolute atomic E-state index is 12.3. The lowest BCUT2D eigenvalue weighted by Gasteiger charge is -2.10. The summed E-state index contributed by atoms with van der Waals surface area (Å²) >= 11 is 0.542. The highest BCUT2D eigenvalue weighted by Crippen LogP contribution is 2.39. The molecule has 2 rings (SSSR count). The van der Waals surface area contributed by atoms with Crippen molar-refractivity contribution in [3.63, 3.8) is 0 Å². The van der Waals surface area contributed by atoms with E-state index in [0.29, 0.717) is 16.7 Å². The lowest BCUT2D eigenvalue weighted by molar-refractivity contribution is -0.385. The fourth-order valence-electron chi connectivity index (χ4n) is 2.10. The molecule has 2 amide bonds. The molecule has 0 radical (unpaired) electrons. The van der Waals surface area contributed by atoms with Crippen LogP contribution < -0.4 is 4.74 Å². The number of phenols is 1. The first-order chi connectivity index (χ1) is 12.3. The second-order valence-corrected chi connectivity index (χ2v) is 5.91. The van der Waals surface area contributed by atoms with E-state index in [0.717, 1.165) is 18.2 Å². The van der Waals surface area contributed by atoms with Gasteiger partial charge in [0, 0.05) is 11.6 Å². The van der Waals surface area contributed by atoms with Crippen LogP contribution in [0.2, 0.25) is 0 Å². The van der Waals surface area contributed by atoms with Gasteiger partial charge in [0.1, 0.15) is 6.54 Å². The molecule has 10 nitrogen and oxygen atoms in total. The van der Waals surface area contributed by atoms with Crippen LogP contribution in [-0.2, 0) is 14.3 Å². The van der Waals surface area contributed by atoms with Gasteiger partial charge in [-0.15, -0.1) is 0 Å². The molecule has 0 unspecified atom stereocenters. The van der Waals surface area contributed by atoms with Crippen molar-refractivity contribution < 1.29 is 33.9 Å². The van der Waals surface area contributed by atoms with E-state index in [1.54, 1.807) is 6.92 Å². The number of carbonyl (C=O) groups is 3. The number of aromatic hydroxyl groups is 1. The normalized spacial score (nSPS) is 15.5. The van der Waals surface area contributed by atoms with Crippen LogP contribution in [0.25, 0.3) is 6.08 Å². The maximum atomic E-state index is 12.3. The summed E-state index contributed by atoms with van der Waals surface area (Å²) in [6.07, 6.45) is 1.13. The number of non-ortho nitro benzene ring substituents is 1. The van der Waals surface area contributed by atoms with Crippen molar-refractivity contribution in [1.29, 1.82) is 0 Å². The predicted molar refractivity (Wildman–Crippen MR) is 90.6 cm³/mol. The number of phenolic OH excluding ortho intramolecular Hbond substituents is 1. The van der Waals surface area contributed by atoms with Crippen LogP contribution in [0, 0.1) is 10.1 Å². The van der Waals surface area contributed by atoms with Crippen molar-refractivity contribution in [2.45, 2.75) is 6.92 Å². The summed E-state index contributed by atoms with van der Waals surface area (Å²) in [6, 6.07) is 2.07. The Morgan fingerprint density at radius 1 is 1.42 bits per heavy atom. The molecule has 0 aliphatic carbocycles. The molecule has 1 aliphatic heterocycles. The molecule has 0 saturated carbocycles. The molecule has 1 saturated heterocycles. The van der Waals surface area contributed by atoms with Gasteiger partial charge in [-0.1, -0.05) is 0 Å². The third kappa shape index (κ3) is 3.94. The summed E-state index contributed by atoms with van der Waals surface area (Å²) in [5, 5.41) is 20.4. The molecule has 1 aromatic rings. The molecule has 11 heteroatoms. The molecule has 0 aromatic heterocycles. The fourth-order valence-corrected chi connectivity index (χ4v) is 2.93. The SMILES string of the molecule is CCOC(=O)CN1C(=O)SC(=Cc2cc([N+](=O)[O-])cc(OC)c2O)C1=O. The number of imide groups is 1. The van der Waals surface area contributed by atoms with E-state index in [1.165, 1.54) is 7.11 Å². The largest absolute Gasteiger partial charge is 0.504 e. The van der Waals surface area contributed by atoms with E-state index < -0.39 is 34.3 Å². The van der Waals surface area contributed by atoms with Gasteiger partial charge in [0.05, 0.1) is 29.6 Å². The topological polar surface area (TPSA) is 136 Å². The zero-order valence-electron chi connectivity index (χ0n) is 13.8. The number of nitro groups is 1. The first-order valence-corrected chi connectivity index (χ1v) is 8.06. The summed E-state index contributed by atoms with van der Waals surface area (Å²) in [5.74, 6) is -2.08. The van der Waals surface area contributed by atoms with Gasteiger partial charge in [0.2, 0.25) is 0 Å². The van der Waals surface area contributed by atoms with E-state index in [9.17, 15) is 29.6 Å². The van der Waals surface area contributed by atoms with Gasteiger partial charge in [0.25, 0.3) is 16.8 Å². The molecule has 1 N–H and O–H groups in total. The van der Waals surface area contributed by atoms with Gasteiger partial charge in [-0.3, -0.25) is 29.4 Å². The molecule has 138 valence electrons. The van der Waals surface area contributed by atoms with Crippen LogP contribution in [0.15, 0.2) is 17.0 Å². The Morgan fingerprint density at radius 3 is 2.69 bits per heavy atom. The quantitative estimate of drug-likeness (QED) is 0.338. The highest BCUT2D eigenvalue weighted by Gasteiger charge is 2.37. The van der Waals surface area contributed by atoms with Gasteiger partial charge < -0.3 is 14.6 Å². The predicted octanol–water partition coefficient (Wildman–Crippen LogP) is 1.91. The van der Waals surface area contributed by atoms with Crippen LogP contribution in [0.1, 0.15) is 12.5 Å². The van der Waals surface area contributed by atoms with Crippen LogP contribution in [0.3, 0.4) is 0 Å². The number of thioether (sulfide) groups is 1. The minimum absolute atomic E-state index is 0.0716. The number of hydrogen-bond donors (Lipinski definition) is 1. The first-order valence-electron chi connectivity index (χ1n) is 7.24. The minimum atomic E-state index is -0.766. The van der Waals surface area contributed by atoms with Crippen LogP contribution >= 0.6 is 11.8 Å². The Labute approximate surface area is 151 Å². The Bertz CT molecular complexity index is 820. The minimum Gasteiger partial charge on any atom is -0.504 e. The number of carbonyl (C=O) groups excluding carboxylic acids is 3. The molecule has 0 spiro atoms. The molecule has 0 atom stereocenters. The van der Waals surface area contributed by atoms with Gasteiger partial charge in [-0.25, -0.2) is 0 Å². The van der Waals surface area contributed by atoms with Crippen molar-refractivity contribution in [3.8, 4) is 11.5 Å². The van der Waals surface area contributed by atoms with E-state index in [2.05, 4.69) is 0 Å². The third-order valence-electron chi connectivity index (χ3n) is 3.27. The number of nitro benzene ring substituents is 1. The number of amides is 2. The van der Waals surface area contributed by atoms with Crippen molar-refractivity contribution in [1.82, 2.24) is 4.90 Å². The lowest BCUT2D eigenvalue weighted by Crippen LogP contribution is -2.34. The van der Waals surface area contributed by atoms with E-state index >= 15 is 0 Å². The van der Waals surface area contributed by atoms with Crippen LogP contribution in [0.4, 0.5) is 10.5 Å². The Morgan fingerprint density at radius 2 is 2.12 bits per heavy atom. The molecule has 1 fully saturated rings. The number of hydrogen-bond acceptors (Lipinski definition) is 9. The zero-order chi connectivity index (χ0) is 19.4. The molecule has 26 heavy (non-hydrogen) atoms. The zero-order valence-corrected chi connectivity index (χ0v) is 14.6. The van der Waals surface area contributed by atoms with Crippen molar-refractivity contribution in [2.75, 3.05) is 20.3 Å². The molecular formula is C15H14N2O8S. The lowest BCUT2D eigenvalue weighted by atomic mass is 10.1. The van der Waals surface area contributed by atoms with Gasteiger partial charge in [-0.05, 0) is 24.8 Å². The molecule has 0 bridgehead atoms. The van der Waals surface area contributed by atoms with E-state index in [4.69, 9.17) is 9.47 Å². The summed E-state index contributed by atoms with van der Waals surface area (Å²) in [5.41, 5.74) is -0.436.